The summed E-state index contributed by atoms with van der Waals surface area (Å²) < 4.78 is 0.952. The third-order valence-electron chi connectivity index (χ3n) is 3.39. The van der Waals surface area contributed by atoms with Crippen molar-refractivity contribution >= 4 is 33.1 Å². The van der Waals surface area contributed by atoms with Crippen LogP contribution in [0.5, 0.6) is 0 Å². The zero-order valence-corrected chi connectivity index (χ0v) is 12.1. The maximum absolute atomic E-state index is 12.2. The van der Waals surface area contributed by atoms with Gasteiger partial charge in [0.1, 0.15) is 10.4 Å². The molecule has 0 saturated carbocycles. The minimum atomic E-state index is -0.0904. The second-order valence-corrected chi connectivity index (χ2v) is 5.64. The van der Waals surface area contributed by atoms with E-state index in [1.165, 1.54) is 11.3 Å². The van der Waals surface area contributed by atoms with Crippen molar-refractivity contribution in [2.24, 2.45) is 5.92 Å². The quantitative estimate of drug-likeness (QED) is 0.882. The highest BCUT2D eigenvalue weighted by Gasteiger charge is 2.17. The summed E-state index contributed by atoms with van der Waals surface area (Å²) in [5.74, 6) is 0.435. The van der Waals surface area contributed by atoms with Crippen LogP contribution in [0.1, 0.15) is 36.4 Å². The summed E-state index contributed by atoms with van der Waals surface area (Å²) in [7, 11) is 0. The minimum Gasteiger partial charge on any atom is -0.396 e. The predicted molar refractivity (Wildman–Crippen MR) is 80.4 cm³/mol. The van der Waals surface area contributed by atoms with Crippen molar-refractivity contribution in [3.05, 3.63) is 23.2 Å². The van der Waals surface area contributed by atoms with Gasteiger partial charge in [-0.15, -0.1) is 11.3 Å². The fourth-order valence-electron chi connectivity index (χ4n) is 2.01. The van der Waals surface area contributed by atoms with Gasteiger partial charge >= 0.3 is 0 Å². The van der Waals surface area contributed by atoms with E-state index in [0.717, 1.165) is 23.1 Å². The molecule has 2 aromatic heterocycles. The number of aromatic nitrogens is 1. The molecule has 4 nitrogen and oxygen atoms in total. The number of pyridine rings is 1. The van der Waals surface area contributed by atoms with Gasteiger partial charge in [-0.2, -0.15) is 0 Å². The average Bonchev–Trinajstić information content (AvgIpc) is 2.78. The fourth-order valence-corrected chi connectivity index (χ4v) is 3.01. The van der Waals surface area contributed by atoms with Gasteiger partial charge in [0.2, 0.25) is 0 Å². The van der Waals surface area contributed by atoms with E-state index in [4.69, 9.17) is 5.73 Å². The van der Waals surface area contributed by atoms with Gasteiger partial charge in [0.15, 0.2) is 0 Å². The van der Waals surface area contributed by atoms with Crippen molar-refractivity contribution in [2.45, 2.75) is 26.7 Å². The Balaban J connectivity index is 2.15. The van der Waals surface area contributed by atoms with Gasteiger partial charge in [-0.25, -0.2) is 0 Å². The molecule has 19 heavy (non-hydrogen) atoms. The van der Waals surface area contributed by atoms with Gasteiger partial charge in [0.05, 0.1) is 10.4 Å². The van der Waals surface area contributed by atoms with Crippen LogP contribution in [0.4, 0.5) is 5.69 Å². The normalized spacial score (nSPS) is 11.1. The van der Waals surface area contributed by atoms with Crippen molar-refractivity contribution in [2.75, 3.05) is 12.3 Å². The van der Waals surface area contributed by atoms with Crippen LogP contribution in [0.15, 0.2) is 18.3 Å². The molecule has 2 rings (SSSR count). The molecule has 102 valence electrons. The zero-order valence-electron chi connectivity index (χ0n) is 11.3. The number of carbonyl (C=O) groups excluding carboxylic acids is 1. The molecule has 0 bridgehead atoms. The highest BCUT2D eigenvalue weighted by molar-refractivity contribution is 7.21. The Labute approximate surface area is 117 Å². The Morgan fingerprint density at radius 3 is 2.84 bits per heavy atom. The van der Waals surface area contributed by atoms with E-state index in [0.29, 0.717) is 23.0 Å². The Hall–Kier alpha value is -1.62. The standard InChI is InChI=1S/C14H19N3OS/c1-3-9(4-2)8-17-14(18)13-11(15)12-10(19-13)6-5-7-16-12/h5-7,9H,3-4,8,15H2,1-2H3,(H,17,18). The van der Waals surface area contributed by atoms with Crippen LogP contribution < -0.4 is 11.1 Å². The topological polar surface area (TPSA) is 68.0 Å². The maximum Gasteiger partial charge on any atom is 0.263 e. The van der Waals surface area contributed by atoms with E-state index in [1.807, 2.05) is 12.1 Å². The summed E-state index contributed by atoms with van der Waals surface area (Å²) in [6, 6.07) is 3.78. The number of amides is 1. The van der Waals surface area contributed by atoms with Gasteiger partial charge in [-0.1, -0.05) is 26.7 Å². The highest BCUT2D eigenvalue weighted by Crippen LogP contribution is 2.31. The average molecular weight is 277 g/mol. The van der Waals surface area contributed by atoms with Crippen LogP contribution in [0.2, 0.25) is 0 Å². The molecule has 2 heterocycles. The van der Waals surface area contributed by atoms with E-state index in [2.05, 4.69) is 24.1 Å². The molecule has 0 aliphatic rings. The SMILES string of the molecule is CCC(CC)CNC(=O)c1sc2cccnc2c1N. The summed E-state index contributed by atoms with van der Waals surface area (Å²) in [6.07, 6.45) is 3.83. The molecule has 0 aliphatic heterocycles. The molecular formula is C14H19N3OS. The number of nitrogens with zero attached hydrogens (tertiary/aromatic N) is 1. The smallest absolute Gasteiger partial charge is 0.263 e. The molecule has 0 fully saturated rings. The second kappa shape index (κ2) is 6.02. The number of nitrogens with two attached hydrogens (primary N) is 1. The van der Waals surface area contributed by atoms with Crippen molar-refractivity contribution < 1.29 is 4.79 Å². The molecule has 0 atom stereocenters. The van der Waals surface area contributed by atoms with Gasteiger partial charge in [-0.3, -0.25) is 9.78 Å². The lowest BCUT2D eigenvalue weighted by Gasteiger charge is -2.12. The predicted octanol–water partition coefficient (Wildman–Crippen LogP) is 3.04. The first-order valence-corrected chi connectivity index (χ1v) is 7.40. The lowest BCUT2D eigenvalue weighted by atomic mass is 10.0. The van der Waals surface area contributed by atoms with Crippen LogP contribution in [-0.4, -0.2) is 17.4 Å². The van der Waals surface area contributed by atoms with Gasteiger partial charge < -0.3 is 11.1 Å². The number of nitrogens with one attached hydrogen (secondary N) is 1. The molecule has 3 N–H and O–H groups in total. The lowest BCUT2D eigenvalue weighted by molar-refractivity contribution is 0.0951. The fraction of sp³-hybridized carbons (Fsp3) is 0.429. The summed E-state index contributed by atoms with van der Waals surface area (Å²) in [5.41, 5.74) is 7.21. The number of rotatable bonds is 5. The zero-order chi connectivity index (χ0) is 13.8. The number of fused-ring (bicyclic) bond motifs is 1. The van der Waals surface area contributed by atoms with Crippen LogP contribution >= 0.6 is 11.3 Å². The molecular weight excluding hydrogens is 258 g/mol. The molecule has 0 spiro atoms. The van der Waals surface area contributed by atoms with E-state index >= 15 is 0 Å². The number of thiophene rings is 1. The molecule has 0 saturated heterocycles. The van der Waals surface area contributed by atoms with Crippen LogP contribution in [0.3, 0.4) is 0 Å². The second-order valence-electron chi connectivity index (χ2n) is 4.59. The van der Waals surface area contributed by atoms with Crippen LogP contribution in [-0.2, 0) is 0 Å². The van der Waals surface area contributed by atoms with E-state index in [-0.39, 0.29) is 5.91 Å². The Bertz CT molecular complexity index is 575. The van der Waals surface area contributed by atoms with Crippen LogP contribution in [0, 0.1) is 5.92 Å². The first-order valence-electron chi connectivity index (χ1n) is 6.58. The van der Waals surface area contributed by atoms with Crippen molar-refractivity contribution in [1.82, 2.24) is 10.3 Å². The first kappa shape index (κ1) is 13.8. The molecule has 2 aromatic rings. The van der Waals surface area contributed by atoms with Gasteiger partial charge in [0, 0.05) is 12.7 Å². The summed E-state index contributed by atoms with van der Waals surface area (Å²) >= 11 is 1.40. The summed E-state index contributed by atoms with van der Waals surface area (Å²) in [5, 5.41) is 2.97. The first-order chi connectivity index (χ1) is 9.17. The van der Waals surface area contributed by atoms with E-state index in [9.17, 15) is 4.79 Å². The van der Waals surface area contributed by atoms with Crippen molar-refractivity contribution in [3.63, 3.8) is 0 Å². The Morgan fingerprint density at radius 1 is 1.47 bits per heavy atom. The molecule has 5 heteroatoms. The molecule has 0 unspecified atom stereocenters. The lowest BCUT2D eigenvalue weighted by Crippen LogP contribution is -2.28. The number of nitrogen functional groups attached to an aromatic ring is 1. The van der Waals surface area contributed by atoms with Crippen molar-refractivity contribution in [3.8, 4) is 0 Å². The highest BCUT2D eigenvalue weighted by atomic mass is 32.1. The third-order valence-corrected chi connectivity index (χ3v) is 4.55. The largest absolute Gasteiger partial charge is 0.396 e. The minimum absolute atomic E-state index is 0.0904. The molecule has 0 radical (unpaired) electrons. The molecule has 0 aliphatic carbocycles. The number of anilines is 1. The number of hydrogen-bond donors (Lipinski definition) is 2. The molecule has 1 amide bonds. The van der Waals surface area contributed by atoms with Gasteiger partial charge in [0.25, 0.3) is 5.91 Å². The van der Waals surface area contributed by atoms with Crippen LogP contribution in [0.25, 0.3) is 10.2 Å². The van der Waals surface area contributed by atoms with E-state index in [1.54, 1.807) is 6.20 Å². The Kier molecular flexibility index (Phi) is 4.37. The summed E-state index contributed by atoms with van der Waals surface area (Å²) in [4.78, 5) is 16.9. The number of carbonyl (C=O) groups is 1. The Morgan fingerprint density at radius 2 is 2.21 bits per heavy atom. The summed E-state index contributed by atoms with van der Waals surface area (Å²) in [6.45, 7) is 4.98. The molecule has 0 aromatic carbocycles. The van der Waals surface area contributed by atoms with E-state index < -0.39 is 0 Å². The van der Waals surface area contributed by atoms with Gasteiger partial charge in [-0.05, 0) is 18.1 Å². The van der Waals surface area contributed by atoms with Crippen molar-refractivity contribution in [1.29, 1.82) is 0 Å². The third kappa shape index (κ3) is 2.87. The number of hydrogen-bond acceptors (Lipinski definition) is 4. The maximum atomic E-state index is 12.2. The monoisotopic (exact) mass is 277 g/mol.